The van der Waals surface area contributed by atoms with Gasteiger partial charge in [-0.05, 0) is 35.0 Å². The number of aromatic nitrogens is 1. The number of rotatable bonds is 0. The maximum Gasteiger partial charge on any atom is 0.232 e. The lowest BCUT2D eigenvalue weighted by atomic mass is 9.98. The first-order chi connectivity index (χ1) is 11.2. The SMILES string of the molecule is O=c1c2ccc3sc4ccccc4c4ccc(c(=O)n1[PH-])c2c34. The van der Waals surface area contributed by atoms with Gasteiger partial charge in [0, 0.05) is 30.9 Å². The van der Waals surface area contributed by atoms with E-state index in [1.54, 1.807) is 11.3 Å². The minimum atomic E-state index is -0.313. The molecule has 0 atom stereocenters. The fourth-order valence-corrected chi connectivity index (χ4v) is 4.72. The summed E-state index contributed by atoms with van der Waals surface area (Å²) in [5.74, 6) is 0. The molecule has 0 amide bonds. The summed E-state index contributed by atoms with van der Waals surface area (Å²) in [5.41, 5.74) is -0.626. The summed E-state index contributed by atoms with van der Waals surface area (Å²) in [6, 6.07) is 15.8. The Hall–Kier alpha value is -2.29. The van der Waals surface area contributed by atoms with E-state index in [2.05, 4.69) is 21.5 Å². The van der Waals surface area contributed by atoms with Crippen molar-refractivity contribution >= 4 is 62.4 Å². The highest BCUT2D eigenvalue weighted by molar-refractivity contribution is 7.25. The maximum atomic E-state index is 12.4. The van der Waals surface area contributed by atoms with Gasteiger partial charge in [-0.25, -0.2) is 0 Å². The molecule has 3 aromatic carbocycles. The van der Waals surface area contributed by atoms with Crippen molar-refractivity contribution in [2.24, 2.45) is 0 Å². The molecule has 5 rings (SSSR count). The Morgan fingerprint density at radius 3 is 2.13 bits per heavy atom. The van der Waals surface area contributed by atoms with Crippen LogP contribution in [0.3, 0.4) is 0 Å². The van der Waals surface area contributed by atoms with Crippen molar-refractivity contribution in [2.75, 3.05) is 0 Å². The molecule has 0 saturated heterocycles. The third kappa shape index (κ3) is 1.57. The Balaban J connectivity index is 2.25. The molecule has 0 fully saturated rings. The zero-order valence-electron chi connectivity index (χ0n) is 11.8. The van der Waals surface area contributed by atoms with Gasteiger partial charge in [0.2, 0.25) is 11.1 Å². The van der Waals surface area contributed by atoms with Crippen LogP contribution in [0.25, 0.3) is 41.7 Å². The minimum absolute atomic E-state index is 0.313. The standard InChI is InChI=1S/C18H9NO2PS/c20-17-11-6-5-10-9-3-1-2-4-13(9)23-14-8-7-12(15(11)16(10)14)18(21)19(17)22/h1-8,22H/q-1. The van der Waals surface area contributed by atoms with Gasteiger partial charge in [0.15, 0.2) is 0 Å². The van der Waals surface area contributed by atoms with Crippen LogP contribution in [-0.4, -0.2) is 4.34 Å². The summed E-state index contributed by atoms with van der Waals surface area (Å²) in [6.45, 7) is 0. The topological polar surface area (TPSA) is 39.1 Å². The summed E-state index contributed by atoms with van der Waals surface area (Å²) in [4.78, 5) is 24.9. The van der Waals surface area contributed by atoms with Crippen LogP contribution >= 0.6 is 20.7 Å². The largest absolute Gasteiger partial charge is 0.435 e. The van der Waals surface area contributed by atoms with Crippen molar-refractivity contribution in [1.29, 1.82) is 0 Å². The Morgan fingerprint density at radius 2 is 1.35 bits per heavy atom. The molecule has 2 heterocycles. The Labute approximate surface area is 136 Å². The first kappa shape index (κ1) is 13.2. The zero-order chi connectivity index (χ0) is 15.7. The first-order valence-corrected chi connectivity index (χ1v) is 8.40. The van der Waals surface area contributed by atoms with Crippen molar-refractivity contribution in [3.05, 3.63) is 69.2 Å². The van der Waals surface area contributed by atoms with Crippen molar-refractivity contribution in [3.63, 3.8) is 0 Å². The van der Waals surface area contributed by atoms with E-state index in [0.717, 1.165) is 30.6 Å². The molecule has 2 aromatic heterocycles. The van der Waals surface area contributed by atoms with Crippen LogP contribution in [0.5, 0.6) is 0 Å². The normalized spacial score (nSPS) is 12.0. The molecule has 0 aliphatic carbocycles. The highest BCUT2D eigenvalue weighted by Gasteiger charge is 2.15. The van der Waals surface area contributed by atoms with Crippen molar-refractivity contribution < 1.29 is 0 Å². The van der Waals surface area contributed by atoms with E-state index in [4.69, 9.17) is 0 Å². The maximum absolute atomic E-state index is 12.4. The van der Waals surface area contributed by atoms with Gasteiger partial charge < -0.3 is 13.7 Å². The molecule has 0 aliphatic heterocycles. The van der Waals surface area contributed by atoms with E-state index in [9.17, 15) is 9.59 Å². The number of nitrogens with zero attached hydrogens (tertiary/aromatic N) is 1. The molecule has 0 saturated carbocycles. The van der Waals surface area contributed by atoms with Crippen LogP contribution in [0.2, 0.25) is 0 Å². The van der Waals surface area contributed by atoms with Gasteiger partial charge in [0.05, 0.1) is 0 Å². The fourth-order valence-electron chi connectivity index (χ4n) is 3.36. The molecular formula is C18H9NO2PS-. The summed E-state index contributed by atoms with van der Waals surface area (Å²) in [6.07, 6.45) is 0. The zero-order valence-corrected chi connectivity index (χ0v) is 13.6. The van der Waals surface area contributed by atoms with Gasteiger partial charge in [-0.3, -0.25) is 9.59 Å². The van der Waals surface area contributed by atoms with Gasteiger partial charge in [-0.1, -0.05) is 24.3 Å². The Bertz CT molecular complexity index is 1330. The van der Waals surface area contributed by atoms with Crippen molar-refractivity contribution in [3.8, 4) is 0 Å². The molecule has 0 N–H and O–H groups in total. The second kappa shape index (κ2) is 4.38. The van der Waals surface area contributed by atoms with E-state index in [1.165, 1.54) is 4.70 Å². The average molecular weight is 334 g/mol. The van der Waals surface area contributed by atoms with Crippen LogP contribution in [0.15, 0.2) is 58.1 Å². The van der Waals surface area contributed by atoms with E-state index < -0.39 is 0 Å². The van der Waals surface area contributed by atoms with E-state index in [-0.39, 0.29) is 11.1 Å². The molecule has 5 aromatic rings. The second-order valence-electron chi connectivity index (χ2n) is 5.57. The molecule has 0 spiro atoms. The lowest BCUT2D eigenvalue weighted by molar-refractivity contribution is 1.13. The highest BCUT2D eigenvalue weighted by atomic mass is 32.1. The number of hydrogen-bond donors (Lipinski definition) is 0. The molecule has 5 heteroatoms. The third-order valence-electron chi connectivity index (χ3n) is 4.39. The summed E-state index contributed by atoms with van der Waals surface area (Å²) < 4.78 is 3.28. The third-order valence-corrected chi connectivity index (χ3v) is 5.93. The number of hydrogen-bond acceptors (Lipinski definition) is 3. The lowest BCUT2D eigenvalue weighted by Crippen LogP contribution is -2.26. The van der Waals surface area contributed by atoms with Crippen LogP contribution < -0.4 is 11.1 Å². The minimum Gasteiger partial charge on any atom is -0.435 e. The molecule has 0 radical (unpaired) electrons. The van der Waals surface area contributed by atoms with Crippen molar-refractivity contribution in [2.45, 2.75) is 0 Å². The van der Waals surface area contributed by atoms with Gasteiger partial charge in [-0.15, -0.1) is 11.3 Å². The molecule has 110 valence electrons. The monoisotopic (exact) mass is 334 g/mol. The Morgan fingerprint density at radius 1 is 0.696 bits per heavy atom. The van der Waals surface area contributed by atoms with Gasteiger partial charge >= 0.3 is 0 Å². The van der Waals surface area contributed by atoms with Crippen LogP contribution in [0, 0.1) is 0 Å². The molecule has 3 nitrogen and oxygen atoms in total. The van der Waals surface area contributed by atoms with Crippen LogP contribution in [-0.2, 0) is 0 Å². The molecule has 0 aliphatic rings. The fraction of sp³-hybridized carbons (Fsp3) is 0. The molecule has 23 heavy (non-hydrogen) atoms. The first-order valence-electron chi connectivity index (χ1n) is 7.14. The number of pyridine rings is 1. The van der Waals surface area contributed by atoms with Crippen LogP contribution in [0.1, 0.15) is 0 Å². The van der Waals surface area contributed by atoms with Gasteiger partial charge in [0.1, 0.15) is 0 Å². The van der Waals surface area contributed by atoms with Gasteiger partial charge in [-0.2, -0.15) is 0 Å². The highest BCUT2D eigenvalue weighted by Crippen LogP contribution is 2.39. The van der Waals surface area contributed by atoms with Gasteiger partial charge in [0.25, 0.3) is 0 Å². The summed E-state index contributed by atoms with van der Waals surface area (Å²) >= 11 is 1.68. The molecule has 0 unspecified atom stereocenters. The number of benzene rings is 3. The van der Waals surface area contributed by atoms with E-state index in [1.807, 2.05) is 36.4 Å². The lowest BCUT2D eigenvalue weighted by Gasteiger charge is -2.15. The molecule has 0 bridgehead atoms. The Kier molecular flexibility index (Phi) is 2.51. The summed E-state index contributed by atoms with van der Waals surface area (Å²) in [7, 11) is 3.13. The van der Waals surface area contributed by atoms with E-state index >= 15 is 0 Å². The quantitative estimate of drug-likeness (QED) is 0.242. The predicted molar refractivity (Wildman–Crippen MR) is 99.8 cm³/mol. The average Bonchev–Trinajstić information content (AvgIpc) is 2.59. The molecular weight excluding hydrogens is 325 g/mol. The summed E-state index contributed by atoms with van der Waals surface area (Å²) in [5, 5.41) is 5.13. The number of fused-ring (bicyclic) bond motifs is 2. The predicted octanol–water partition coefficient (Wildman–Crippen LogP) is 4.23. The smallest absolute Gasteiger partial charge is 0.232 e. The van der Waals surface area contributed by atoms with Crippen LogP contribution in [0.4, 0.5) is 0 Å². The second-order valence-corrected chi connectivity index (χ2v) is 7.10. The van der Waals surface area contributed by atoms with E-state index in [0.29, 0.717) is 10.8 Å². The van der Waals surface area contributed by atoms with Crippen molar-refractivity contribution in [1.82, 2.24) is 4.34 Å².